The smallest absolute Gasteiger partial charge is 0.320 e. The molecule has 7 heteroatoms. The number of aliphatic carboxylic acids is 1. The summed E-state index contributed by atoms with van der Waals surface area (Å²) in [5.41, 5.74) is 7.83. The fourth-order valence-corrected chi connectivity index (χ4v) is 1.92. The van der Waals surface area contributed by atoms with Crippen molar-refractivity contribution >= 4 is 41.1 Å². The largest absolute Gasteiger partial charge is 0.480 e. The molecule has 3 N–H and O–H groups in total. The number of carbonyl (C=O) groups is 1. The summed E-state index contributed by atoms with van der Waals surface area (Å²) in [6.45, 7) is 0. The van der Waals surface area contributed by atoms with Gasteiger partial charge in [0.25, 0.3) is 0 Å². The lowest BCUT2D eigenvalue weighted by molar-refractivity contribution is -0.138. The van der Waals surface area contributed by atoms with Crippen LogP contribution in [0.3, 0.4) is 0 Å². The number of aromatic nitrogens is 2. The van der Waals surface area contributed by atoms with Gasteiger partial charge in [0.2, 0.25) is 0 Å². The molecule has 1 aromatic carbocycles. The van der Waals surface area contributed by atoms with Crippen molar-refractivity contribution < 1.29 is 9.90 Å². The monoisotopic (exact) mass is 259 g/mol. The van der Waals surface area contributed by atoms with Crippen LogP contribution in [0.25, 0.3) is 11.0 Å². The molecule has 0 aliphatic heterocycles. The molecule has 1 aromatic heterocycles. The normalized spacial score (nSPS) is 12.1. The summed E-state index contributed by atoms with van der Waals surface area (Å²) in [7, 11) is 0. The van der Waals surface area contributed by atoms with Crippen LogP contribution in [0.4, 0.5) is 0 Å². The molecule has 0 saturated heterocycles. The van der Waals surface area contributed by atoms with Crippen molar-refractivity contribution in [2.45, 2.75) is 12.5 Å². The summed E-state index contributed by atoms with van der Waals surface area (Å²) in [5, 5.41) is 8.71. The third-order valence-corrected chi connectivity index (χ3v) is 2.67. The molecular weight excluding hydrogens is 250 g/mol. The Balaban J connectivity index is 0.00000128. The zero-order chi connectivity index (χ0) is 10.8. The van der Waals surface area contributed by atoms with Crippen molar-refractivity contribution in [2.75, 3.05) is 0 Å². The lowest BCUT2D eigenvalue weighted by Crippen LogP contribution is -2.32. The molecule has 0 bridgehead atoms. The van der Waals surface area contributed by atoms with E-state index in [9.17, 15) is 4.79 Å². The minimum absolute atomic E-state index is 0. The molecule has 0 amide bonds. The minimum Gasteiger partial charge on any atom is -0.480 e. The average molecular weight is 260 g/mol. The molecule has 1 atom stereocenters. The second kappa shape index (κ2) is 5.20. The fraction of sp³-hybridized carbons (Fsp3) is 0.222. The maximum atomic E-state index is 10.6. The lowest BCUT2D eigenvalue weighted by Gasteiger charge is -2.05. The van der Waals surface area contributed by atoms with Crippen molar-refractivity contribution in [1.82, 2.24) is 8.75 Å². The summed E-state index contributed by atoms with van der Waals surface area (Å²) in [6, 6.07) is 4.60. The summed E-state index contributed by atoms with van der Waals surface area (Å²) in [4.78, 5) is 10.6. The predicted molar refractivity (Wildman–Crippen MR) is 64.0 cm³/mol. The van der Waals surface area contributed by atoms with Crippen molar-refractivity contribution in [3.05, 3.63) is 23.8 Å². The number of hydrogen-bond acceptors (Lipinski definition) is 5. The number of hydrogen-bond donors (Lipinski definition) is 2. The molecule has 2 aromatic rings. The topological polar surface area (TPSA) is 89.1 Å². The molecule has 1 heterocycles. The second-order valence-electron chi connectivity index (χ2n) is 3.20. The van der Waals surface area contributed by atoms with Gasteiger partial charge in [-0.2, -0.15) is 8.75 Å². The molecule has 0 radical (unpaired) electrons. The van der Waals surface area contributed by atoms with E-state index in [2.05, 4.69) is 8.75 Å². The van der Waals surface area contributed by atoms with E-state index in [0.29, 0.717) is 0 Å². The van der Waals surface area contributed by atoms with Crippen LogP contribution in [0.2, 0.25) is 0 Å². The summed E-state index contributed by atoms with van der Waals surface area (Å²) in [5.74, 6) is -1.00. The highest BCUT2D eigenvalue weighted by molar-refractivity contribution is 7.00. The maximum absolute atomic E-state index is 10.6. The van der Waals surface area contributed by atoms with E-state index < -0.39 is 12.0 Å². The van der Waals surface area contributed by atoms with E-state index in [0.717, 1.165) is 28.3 Å². The van der Waals surface area contributed by atoms with Crippen molar-refractivity contribution in [2.24, 2.45) is 5.73 Å². The van der Waals surface area contributed by atoms with Crippen molar-refractivity contribution in [1.29, 1.82) is 0 Å². The lowest BCUT2D eigenvalue weighted by atomic mass is 10.1. The van der Waals surface area contributed by atoms with Crippen molar-refractivity contribution in [3.8, 4) is 0 Å². The molecule has 86 valence electrons. The number of carboxylic acids is 1. The van der Waals surface area contributed by atoms with Gasteiger partial charge >= 0.3 is 5.97 Å². The van der Waals surface area contributed by atoms with Crippen LogP contribution in [0.1, 0.15) is 5.56 Å². The van der Waals surface area contributed by atoms with Gasteiger partial charge in [0.05, 0.1) is 11.7 Å². The van der Waals surface area contributed by atoms with Gasteiger partial charge in [-0.1, -0.05) is 12.1 Å². The Morgan fingerprint density at radius 1 is 1.50 bits per heavy atom. The quantitative estimate of drug-likeness (QED) is 0.861. The molecule has 0 aliphatic carbocycles. The number of nitrogens with zero attached hydrogens (tertiary/aromatic N) is 2. The van der Waals surface area contributed by atoms with Crippen LogP contribution >= 0.6 is 24.1 Å². The van der Waals surface area contributed by atoms with Gasteiger partial charge in [-0.3, -0.25) is 4.79 Å². The highest BCUT2D eigenvalue weighted by Crippen LogP contribution is 2.17. The molecule has 2 rings (SSSR count). The third-order valence-electron chi connectivity index (χ3n) is 2.13. The Kier molecular flexibility index (Phi) is 4.17. The number of halogens is 1. The van der Waals surface area contributed by atoms with Crippen LogP contribution in [-0.2, 0) is 11.2 Å². The van der Waals surface area contributed by atoms with Crippen LogP contribution in [0.5, 0.6) is 0 Å². The number of benzene rings is 1. The van der Waals surface area contributed by atoms with Crippen LogP contribution < -0.4 is 5.73 Å². The predicted octanol–water partition coefficient (Wildman–Crippen LogP) is 1.07. The molecule has 0 saturated carbocycles. The van der Waals surface area contributed by atoms with Gasteiger partial charge in [-0.25, -0.2) is 0 Å². The first-order chi connectivity index (χ1) is 7.18. The average Bonchev–Trinajstić information content (AvgIpc) is 2.66. The van der Waals surface area contributed by atoms with Gasteiger partial charge in [-0.05, 0) is 11.6 Å². The van der Waals surface area contributed by atoms with Gasteiger partial charge in [0.1, 0.15) is 17.1 Å². The Morgan fingerprint density at radius 3 is 2.94 bits per heavy atom. The zero-order valence-corrected chi connectivity index (χ0v) is 9.79. The van der Waals surface area contributed by atoms with E-state index in [4.69, 9.17) is 10.8 Å². The SMILES string of the molecule is Cl.NC(Cc1cccc2nsnc12)C(=O)O. The van der Waals surface area contributed by atoms with Crippen molar-refractivity contribution in [3.63, 3.8) is 0 Å². The van der Waals surface area contributed by atoms with Gasteiger partial charge in [0, 0.05) is 6.42 Å². The maximum Gasteiger partial charge on any atom is 0.320 e. The number of carboxylic acid groups (broad SMARTS) is 1. The summed E-state index contributed by atoms with van der Waals surface area (Å²) < 4.78 is 8.19. The first-order valence-corrected chi connectivity index (χ1v) is 5.10. The van der Waals surface area contributed by atoms with E-state index in [1.807, 2.05) is 18.2 Å². The van der Waals surface area contributed by atoms with Crippen LogP contribution in [0, 0.1) is 0 Å². The molecular formula is C9H10ClN3O2S. The minimum atomic E-state index is -1.00. The highest BCUT2D eigenvalue weighted by atomic mass is 35.5. The van der Waals surface area contributed by atoms with Crippen LogP contribution in [-0.4, -0.2) is 25.9 Å². The van der Waals surface area contributed by atoms with Crippen LogP contribution in [0.15, 0.2) is 18.2 Å². The number of rotatable bonds is 3. The molecule has 16 heavy (non-hydrogen) atoms. The Hall–Kier alpha value is -1.24. The Bertz CT molecular complexity index is 502. The standard InChI is InChI=1S/C9H9N3O2S.ClH/c10-6(9(13)14)4-5-2-1-3-7-8(5)12-15-11-7;/h1-3,6H,4,10H2,(H,13,14);1H. The first-order valence-electron chi connectivity index (χ1n) is 4.37. The summed E-state index contributed by atoms with van der Waals surface area (Å²) in [6.07, 6.45) is 0.276. The number of nitrogens with two attached hydrogens (primary N) is 1. The fourth-order valence-electron chi connectivity index (χ4n) is 1.35. The van der Waals surface area contributed by atoms with E-state index >= 15 is 0 Å². The molecule has 0 fully saturated rings. The van der Waals surface area contributed by atoms with Gasteiger partial charge in [0.15, 0.2) is 0 Å². The van der Waals surface area contributed by atoms with E-state index in [-0.39, 0.29) is 18.8 Å². The molecule has 0 aliphatic rings. The van der Waals surface area contributed by atoms with E-state index in [1.165, 1.54) is 0 Å². The second-order valence-corrected chi connectivity index (χ2v) is 3.73. The molecule has 5 nitrogen and oxygen atoms in total. The van der Waals surface area contributed by atoms with Gasteiger partial charge in [-0.15, -0.1) is 12.4 Å². The highest BCUT2D eigenvalue weighted by Gasteiger charge is 2.14. The molecule has 1 unspecified atom stereocenters. The van der Waals surface area contributed by atoms with E-state index in [1.54, 1.807) is 0 Å². The van der Waals surface area contributed by atoms with Gasteiger partial charge < -0.3 is 10.8 Å². The zero-order valence-electron chi connectivity index (χ0n) is 8.16. The molecule has 0 spiro atoms. The summed E-state index contributed by atoms with van der Waals surface area (Å²) >= 11 is 1.11. The Morgan fingerprint density at radius 2 is 2.25 bits per heavy atom. The Labute approximate surface area is 102 Å². The first kappa shape index (κ1) is 12.8. The number of fused-ring (bicyclic) bond motifs is 1. The third kappa shape index (κ3) is 2.46.